The van der Waals surface area contributed by atoms with Gasteiger partial charge in [-0.3, -0.25) is 4.79 Å². The van der Waals surface area contributed by atoms with E-state index in [1.165, 1.54) is 0 Å². The van der Waals surface area contributed by atoms with E-state index in [1.807, 2.05) is 43.3 Å². The number of nitrogens with one attached hydrogen (secondary N) is 1. The third-order valence-corrected chi connectivity index (χ3v) is 3.34. The standard InChI is InChI=1S/C18H14N4O2/c1-12-4-2-5-13(10-12)17-21-18(24-22-17)14-6-3-7-15(11-14)20-16(23)8-9-19/h2-7,10-11H,8H2,1H3,(H,20,23). The molecule has 3 aromatic rings. The van der Waals surface area contributed by atoms with E-state index in [0.29, 0.717) is 23.0 Å². The van der Waals surface area contributed by atoms with Crippen molar-refractivity contribution in [2.75, 3.05) is 5.32 Å². The molecular formula is C18H14N4O2. The third kappa shape index (κ3) is 3.47. The van der Waals surface area contributed by atoms with Crippen molar-refractivity contribution in [1.29, 1.82) is 5.26 Å². The van der Waals surface area contributed by atoms with Crippen LogP contribution in [0.4, 0.5) is 5.69 Å². The number of rotatable bonds is 4. The summed E-state index contributed by atoms with van der Waals surface area (Å²) in [6.07, 6.45) is -0.192. The zero-order valence-electron chi connectivity index (χ0n) is 13.0. The Bertz CT molecular complexity index is 925. The van der Waals surface area contributed by atoms with Crippen LogP contribution in [0.1, 0.15) is 12.0 Å². The van der Waals surface area contributed by atoms with Gasteiger partial charge in [-0.05, 0) is 31.2 Å². The molecule has 6 nitrogen and oxygen atoms in total. The second-order valence-corrected chi connectivity index (χ2v) is 5.26. The van der Waals surface area contributed by atoms with Gasteiger partial charge < -0.3 is 9.84 Å². The zero-order valence-corrected chi connectivity index (χ0v) is 13.0. The fourth-order valence-corrected chi connectivity index (χ4v) is 2.25. The van der Waals surface area contributed by atoms with Crippen LogP contribution in [0, 0.1) is 18.3 Å². The lowest BCUT2D eigenvalue weighted by Gasteiger charge is -2.03. The maximum atomic E-state index is 11.5. The molecular weight excluding hydrogens is 304 g/mol. The van der Waals surface area contributed by atoms with Gasteiger partial charge in [-0.1, -0.05) is 35.0 Å². The lowest BCUT2D eigenvalue weighted by atomic mass is 10.1. The smallest absolute Gasteiger partial charge is 0.258 e. The first-order valence-electron chi connectivity index (χ1n) is 7.34. The molecule has 0 aliphatic rings. The molecule has 1 aromatic heterocycles. The largest absolute Gasteiger partial charge is 0.334 e. The van der Waals surface area contributed by atoms with Crippen LogP contribution in [-0.2, 0) is 4.79 Å². The summed E-state index contributed by atoms with van der Waals surface area (Å²) in [5.74, 6) is 0.510. The van der Waals surface area contributed by atoms with E-state index in [2.05, 4.69) is 15.5 Å². The van der Waals surface area contributed by atoms with E-state index >= 15 is 0 Å². The second kappa shape index (κ2) is 6.75. The van der Waals surface area contributed by atoms with Crippen LogP contribution in [-0.4, -0.2) is 16.0 Å². The fraction of sp³-hybridized carbons (Fsp3) is 0.111. The zero-order chi connectivity index (χ0) is 16.9. The van der Waals surface area contributed by atoms with Crippen molar-refractivity contribution in [3.05, 3.63) is 54.1 Å². The molecule has 24 heavy (non-hydrogen) atoms. The highest BCUT2D eigenvalue weighted by molar-refractivity contribution is 5.92. The summed E-state index contributed by atoms with van der Waals surface area (Å²) in [7, 11) is 0. The summed E-state index contributed by atoms with van der Waals surface area (Å²) in [6, 6.07) is 16.7. The lowest BCUT2D eigenvalue weighted by Crippen LogP contribution is -2.09. The van der Waals surface area contributed by atoms with Crippen molar-refractivity contribution in [3.63, 3.8) is 0 Å². The Labute approximate surface area is 138 Å². The van der Waals surface area contributed by atoms with Crippen molar-refractivity contribution >= 4 is 11.6 Å². The Kier molecular flexibility index (Phi) is 4.34. The Balaban J connectivity index is 1.85. The van der Waals surface area contributed by atoms with Crippen LogP contribution < -0.4 is 5.32 Å². The van der Waals surface area contributed by atoms with Crippen LogP contribution in [0.3, 0.4) is 0 Å². The van der Waals surface area contributed by atoms with Gasteiger partial charge >= 0.3 is 0 Å². The molecule has 1 N–H and O–H groups in total. The highest BCUT2D eigenvalue weighted by Gasteiger charge is 2.11. The molecule has 0 atom stereocenters. The molecule has 0 bridgehead atoms. The third-order valence-electron chi connectivity index (χ3n) is 3.34. The molecule has 3 rings (SSSR count). The van der Waals surface area contributed by atoms with E-state index in [-0.39, 0.29) is 12.3 Å². The summed E-state index contributed by atoms with van der Waals surface area (Å²) >= 11 is 0. The molecule has 0 aliphatic carbocycles. The molecule has 0 unspecified atom stereocenters. The molecule has 118 valence electrons. The van der Waals surface area contributed by atoms with Crippen LogP contribution in [0.5, 0.6) is 0 Å². The Morgan fingerprint density at radius 2 is 2.00 bits per heavy atom. The monoisotopic (exact) mass is 318 g/mol. The van der Waals surface area contributed by atoms with E-state index in [1.54, 1.807) is 18.2 Å². The minimum Gasteiger partial charge on any atom is -0.334 e. The maximum absolute atomic E-state index is 11.5. The number of aromatic nitrogens is 2. The van der Waals surface area contributed by atoms with Gasteiger partial charge in [-0.15, -0.1) is 0 Å². The highest BCUT2D eigenvalue weighted by Crippen LogP contribution is 2.24. The maximum Gasteiger partial charge on any atom is 0.258 e. The van der Waals surface area contributed by atoms with Gasteiger partial charge in [0.1, 0.15) is 6.42 Å². The van der Waals surface area contributed by atoms with Crippen LogP contribution >= 0.6 is 0 Å². The van der Waals surface area contributed by atoms with Gasteiger partial charge in [0.05, 0.1) is 6.07 Å². The Morgan fingerprint density at radius 3 is 2.79 bits per heavy atom. The average molecular weight is 318 g/mol. The number of carbonyl (C=O) groups is 1. The van der Waals surface area contributed by atoms with Gasteiger partial charge in [0.25, 0.3) is 5.89 Å². The lowest BCUT2D eigenvalue weighted by molar-refractivity contribution is -0.115. The van der Waals surface area contributed by atoms with Gasteiger partial charge in [0.15, 0.2) is 0 Å². The number of amides is 1. The van der Waals surface area contributed by atoms with Gasteiger partial charge in [-0.25, -0.2) is 0 Å². The summed E-state index contributed by atoms with van der Waals surface area (Å²) in [5, 5.41) is 15.2. The molecule has 0 saturated carbocycles. The summed E-state index contributed by atoms with van der Waals surface area (Å²) in [5.41, 5.74) is 3.25. The average Bonchev–Trinajstić information content (AvgIpc) is 3.05. The Hall–Kier alpha value is -3.46. The van der Waals surface area contributed by atoms with Crippen molar-refractivity contribution in [3.8, 4) is 28.9 Å². The van der Waals surface area contributed by atoms with E-state index < -0.39 is 0 Å². The number of benzene rings is 2. The summed E-state index contributed by atoms with van der Waals surface area (Å²) in [6.45, 7) is 2.00. The Morgan fingerprint density at radius 1 is 1.21 bits per heavy atom. The first kappa shape index (κ1) is 15.4. The van der Waals surface area contributed by atoms with Crippen molar-refractivity contribution < 1.29 is 9.32 Å². The number of carbonyl (C=O) groups excluding carboxylic acids is 1. The predicted molar refractivity (Wildman–Crippen MR) is 88.8 cm³/mol. The van der Waals surface area contributed by atoms with Crippen molar-refractivity contribution in [2.24, 2.45) is 0 Å². The number of anilines is 1. The van der Waals surface area contributed by atoms with Gasteiger partial charge in [0.2, 0.25) is 11.7 Å². The number of nitrogens with zero attached hydrogens (tertiary/aromatic N) is 3. The topological polar surface area (TPSA) is 91.8 Å². The quantitative estimate of drug-likeness (QED) is 0.794. The molecule has 0 saturated heterocycles. The second-order valence-electron chi connectivity index (χ2n) is 5.26. The van der Waals surface area contributed by atoms with Crippen LogP contribution in [0.2, 0.25) is 0 Å². The highest BCUT2D eigenvalue weighted by atomic mass is 16.5. The van der Waals surface area contributed by atoms with Crippen molar-refractivity contribution in [1.82, 2.24) is 10.1 Å². The number of aryl methyl sites for hydroxylation is 1. The molecule has 0 radical (unpaired) electrons. The fourth-order valence-electron chi connectivity index (χ4n) is 2.25. The number of nitriles is 1. The summed E-state index contributed by atoms with van der Waals surface area (Å²) in [4.78, 5) is 15.9. The van der Waals surface area contributed by atoms with Crippen LogP contribution in [0.25, 0.3) is 22.8 Å². The molecule has 6 heteroatoms. The molecule has 1 amide bonds. The van der Waals surface area contributed by atoms with E-state index in [4.69, 9.17) is 9.78 Å². The molecule has 0 spiro atoms. The van der Waals surface area contributed by atoms with Crippen LogP contribution in [0.15, 0.2) is 53.1 Å². The predicted octanol–water partition coefficient (Wildman–Crippen LogP) is 3.56. The molecule has 0 fully saturated rings. The minimum absolute atomic E-state index is 0.192. The first-order valence-corrected chi connectivity index (χ1v) is 7.34. The molecule has 2 aromatic carbocycles. The SMILES string of the molecule is Cc1cccc(-c2noc(-c3cccc(NC(=O)CC#N)c3)n2)c1. The number of hydrogen-bond acceptors (Lipinski definition) is 5. The molecule has 1 heterocycles. The number of hydrogen-bond donors (Lipinski definition) is 1. The summed E-state index contributed by atoms with van der Waals surface area (Å²) < 4.78 is 5.33. The van der Waals surface area contributed by atoms with E-state index in [0.717, 1.165) is 11.1 Å². The van der Waals surface area contributed by atoms with E-state index in [9.17, 15) is 4.79 Å². The first-order chi connectivity index (χ1) is 11.7. The van der Waals surface area contributed by atoms with Gasteiger partial charge in [0, 0.05) is 16.8 Å². The van der Waals surface area contributed by atoms with Crippen molar-refractivity contribution in [2.45, 2.75) is 13.3 Å². The molecule has 0 aliphatic heterocycles. The van der Waals surface area contributed by atoms with Gasteiger partial charge in [-0.2, -0.15) is 10.2 Å². The minimum atomic E-state index is -0.361. The normalized spacial score (nSPS) is 10.2.